The fourth-order valence-corrected chi connectivity index (χ4v) is 4.37. The van der Waals surface area contributed by atoms with E-state index in [0.717, 1.165) is 22.2 Å². The van der Waals surface area contributed by atoms with Crippen molar-refractivity contribution >= 4 is 45.7 Å². The molecular weight excluding hydrogens is 459 g/mol. The quantitative estimate of drug-likeness (QED) is 0.352. The van der Waals surface area contributed by atoms with E-state index in [1.807, 2.05) is 18.2 Å². The van der Waals surface area contributed by atoms with E-state index >= 15 is 0 Å². The van der Waals surface area contributed by atoms with Crippen LogP contribution in [0.25, 0.3) is 16.6 Å². The van der Waals surface area contributed by atoms with Gasteiger partial charge in [-0.3, -0.25) is 4.79 Å². The number of aliphatic hydroxyl groups is 1. The van der Waals surface area contributed by atoms with Gasteiger partial charge in [-0.25, -0.2) is 9.97 Å². The maximum absolute atomic E-state index is 13.4. The molecule has 4 rings (SSSR count). The lowest BCUT2D eigenvalue weighted by atomic mass is 10.0. The fourth-order valence-electron chi connectivity index (χ4n) is 3.89. The highest BCUT2D eigenvalue weighted by atomic mass is 35.5. The molecule has 170 valence electrons. The molecule has 33 heavy (non-hydrogen) atoms. The maximum Gasteiger partial charge on any atom is 0.264 e. The van der Waals surface area contributed by atoms with E-state index in [0.29, 0.717) is 5.69 Å². The number of carbonyl (C=O) groups excluding carboxylic acids is 1. The second kappa shape index (κ2) is 9.51. The number of benzene rings is 2. The van der Waals surface area contributed by atoms with Crippen LogP contribution in [0.15, 0.2) is 55.0 Å². The molecule has 0 fully saturated rings. The minimum Gasteiger partial charge on any atom is -0.395 e. The van der Waals surface area contributed by atoms with E-state index < -0.39 is 5.91 Å². The largest absolute Gasteiger partial charge is 0.395 e. The van der Waals surface area contributed by atoms with Gasteiger partial charge in [0.25, 0.3) is 5.91 Å². The van der Waals surface area contributed by atoms with Crippen LogP contribution in [0.5, 0.6) is 0 Å². The van der Waals surface area contributed by atoms with Gasteiger partial charge in [-0.05, 0) is 48.7 Å². The lowest BCUT2D eigenvalue weighted by Crippen LogP contribution is -2.34. The molecule has 4 aromatic rings. The first kappa shape index (κ1) is 23.2. The predicted molar refractivity (Wildman–Crippen MR) is 133 cm³/mol. The molecule has 0 bridgehead atoms. The van der Waals surface area contributed by atoms with Crippen molar-refractivity contribution in [2.45, 2.75) is 26.7 Å². The van der Waals surface area contributed by atoms with Crippen LogP contribution in [0.3, 0.4) is 0 Å². The van der Waals surface area contributed by atoms with Gasteiger partial charge in [0.15, 0.2) is 0 Å². The Labute approximate surface area is 202 Å². The number of halogens is 2. The molecule has 0 spiro atoms. The van der Waals surface area contributed by atoms with Gasteiger partial charge in [0, 0.05) is 29.5 Å². The monoisotopic (exact) mass is 482 g/mol. The molecule has 0 aliphatic carbocycles. The highest BCUT2D eigenvalue weighted by Crippen LogP contribution is 2.34. The van der Waals surface area contributed by atoms with Crippen LogP contribution in [0.4, 0.5) is 5.69 Å². The minimum absolute atomic E-state index is 0.00990. The first-order valence-electron chi connectivity index (χ1n) is 10.6. The summed E-state index contributed by atoms with van der Waals surface area (Å²) in [5.74, 6) is -0.203. The lowest BCUT2D eigenvalue weighted by Gasteiger charge is -2.23. The molecule has 0 saturated carbocycles. The van der Waals surface area contributed by atoms with Crippen LogP contribution in [-0.2, 0) is 0 Å². The van der Waals surface area contributed by atoms with Crippen molar-refractivity contribution in [3.05, 3.63) is 82.0 Å². The summed E-state index contributed by atoms with van der Waals surface area (Å²) in [5.41, 5.74) is 5.08. The molecule has 0 radical (unpaired) electrons. The van der Waals surface area contributed by atoms with Gasteiger partial charge in [0.1, 0.15) is 22.2 Å². The Kier molecular flexibility index (Phi) is 6.70. The first-order chi connectivity index (χ1) is 15.8. The van der Waals surface area contributed by atoms with Gasteiger partial charge >= 0.3 is 0 Å². The normalized spacial score (nSPS) is 11.4. The Bertz CT molecular complexity index is 1300. The molecule has 0 aliphatic heterocycles. The topological polar surface area (TPSA) is 71.2 Å². The number of amides is 1. The van der Waals surface area contributed by atoms with Crippen molar-refractivity contribution in [2.75, 3.05) is 18.1 Å². The molecule has 8 heteroatoms. The number of nitrogens with zero attached hydrogens (tertiary/aromatic N) is 4. The highest BCUT2D eigenvalue weighted by Gasteiger charge is 2.25. The second-order valence-electron chi connectivity index (χ2n) is 8.16. The van der Waals surface area contributed by atoms with E-state index in [1.165, 1.54) is 16.8 Å². The van der Waals surface area contributed by atoms with Gasteiger partial charge < -0.3 is 14.6 Å². The Morgan fingerprint density at radius 1 is 1.09 bits per heavy atom. The lowest BCUT2D eigenvalue weighted by molar-refractivity contribution is 0.0980. The summed E-state index contributed by atoms with van der Waals surface area (Å²) in [7, 11) is 0. The number of rotatable bonds is 6. The Morgan fingerprint density at radius 3 is 2.36 bits per heavy atom. The number of hydrogen-bond donors (Lipinski definition) is 1. The van der Waals surface area contributed by atoms with E-state index in [4.69, 9.17) is 23.2 Å². The van der Waals surface area contributed by atoms with Gasteiger partial charge in [-0.2, -0.15) is 0 Å². The standard InChI is InChI=1S/C25H24Cl2N4O2/c1-15(2)20-13-31(17-6-4-16(3)5-7-17)21-9-8-18(12-19(20)21)30(10-11-32)25(33)22-23(26)28-14-29-24(22)27/h4-9,12-15,32H,10-11H2,1-3H3. The third kappa shape index (κ3) is 4.47. The predicted octanol–water partition coefficient (Wildman–Crippen LogP) is 5.80. The summed E-state index contributed by atoms with van der Waals surface area (Å²) < 4.78 is 2.16. The fraction of sp³-hybridized carbons (Fsp3) is 0.240. The highest BCUT2D eigenvalue weighted by molar-refractivity contribution is 6.39. The SMILES string of the molecule is Cc1ccc(-n2cc(C(C)C)c3cc(N(CCO)C(=O)c4c(Cl)ncnc4Cl)ccc32)cc1. The summed E-state index contributed by atoms with van der Waals surface area (Å²) >= 11 is 12.3. The third-order valence-electron chi connectivity index (χ3n) is 5.60. The first-order valence-corrected chi connectivity index (χ1v) is 11.4. The molecule has 0 aliphatic rings. The molecule has 2 heterocycles. The molecular formula is C25H24Cl2N4O2. The van der Waals surface area contributed by atoms with E-state index in [-0.39, 0.29) is 34.9 Å². The molecule has 0 atom stereocenters. The molecule has 2 aromatic heterocycles. The number of anilines is 1. The van der Waals surface area contributed by atoms with Crippen LogP contribution < -0.4 is 4.90 Å². The molecule has 2 aromatic carbocycles. The summed E-state index contributed by atoms with van der Waals surface area (Å²) in [6, 6.07) is 14.2. The number of aromatic nitrogens is 3. The molecule has 0 unspecified atom stereocenters. The van der Waals surface area contributed by atoms with Gasteiger partial charge in [-0.15, -0.1) is 0 Å². The van der Waals surface area contributed by atoms with Gasteiger partial charge in [0.05, 0.1) is 12.1 Å². The summed E-state index contributed by atoms with van der Waals surface area (Å²) in [6.45, 7) is 6.18. The van der Waals surface area contributed by atoms with Crippen molar-refractivity contribution in [3.8, 4) is 5.69 Å². The number of carbonyl (C=O) groups is 1. The zero-order chi connectivity index (χ0) is 23.7. The van der Waals surface area contributed by atoms with Crippen LogP contribution in [0.1, 0.15) is 41.3 Å². The zero-order valence-electron chi connectivity index (χ0n) is 18.6. The van der Waals surface area contributed by atoms with Crippen molar-refractivity contribution in [3.63, 3.8) is 0 Å². The maximum atomic E-state index is 13.4. The van der Waals surface area contributed by atoms with Crippen LogP contribution in [-0.4, -0.2) is 38.7 Å². The van der Waals surface area contributed by atoms with Gasteiger partial charge in [-0.1, -0.05) is 54.7 Å². The second-order valence-corrected chi connectivity index (χ2v) is 8.87. The summed E-state index contributed by atoms with van der Waals surface area (Å²) in [4.78, 5) is 22.6. The average molecular weight is 483 g/mol. The van der Waals surface area contributed by atoms with Crippen LogP contribution >= 0.6 is 23.2 Å². The van der Waals surface area contributed by atoms with Crippen LogP contribution in [0.2, 0.25) is 10.3 Å². The zero-order valence-corrected chi connectivity index (χ0v) is 20.1. The van der Waals surface area contributed by atoms with Crippen molar-refractivity contribution in [1.29, 1.82) is 0 Å². The summed E-state index contributed by atoms with van der Waals surface area (Å²) in [6.07, 6.45) is 3.34. The Morgan fingerprint density at radius 2 is 1.76 bits per heavy atom. The van der Waals surface area contributed by atoms with Crippen LogP contribution in [0, 0.1) is 6.92 Å². The number of fused-ring (bicyclic) bond motifs is 1. The molecule has 1 amide bonds. The van der Waals surface area contributed by atoms with Gasteiger partial charge in [0.2, 0.25) is 0 Å². The molecule has 0 saturated heterocycles. The van der Waals surface area contributed by atoms with E-state index in [1.54, 1.807) is 0 Å². The van der Waals surface area contributed by atoms with Crippen molar-refractivity contribution < 1.29 is 9.90 Å². The van der Waals surface area contributed by atoms with E-state index in [9.17, 15) is 9.90 Å². The molecule has 6 nitrogen and oxygen atoms in total. The smallest absolute Gasteiger partial charge is 0.264 e. The third-order valence-corrected chi connectivity index (χ3v) is 6.18. The molecule has 1 N–H and O–H groups in total. The average Bonchev–Trinajstić information content (AvgIpc) is 3.17. The number of aliphatic hydroxyl groups excluding tert-OH is 1. The summed E-state index contributed by atoms with van der Waals surface area (Å²) in [5, 5.41) is 10.6. The van der Waals surface area contributed by atoms with E-state index in [2.05, 4.69) is 65.8 Å². The minimum atomic E-state index is -0.469. The van der Waals surface area contributed by atoms with Crippen molar-refractivity contribution in [2.24, 2.45) is 0 Å². The number of aryl methyl sites for hydroxylation is 1. The van der Waals surface area contributed by atoms with Crippen molar-refractivity contribution in [1.82, 2.24) is 14.5 Å². The Hall–Kier alpha value is -2.93. The Balaban J connectivity index is 1.85. The number of hydrogen-bond acceptors (Lipinski definition) is 4.